The zero-order valence-corrected chi connectivity index (χ0v) is 45.3. The minimum Gasteiger partial charge on any atom is -0.462 e. The van der Waals surface area contributed by atoms with E-state index in [2.05, 4.69) is 34.6 Å². The predicted octanol–water partition coefficient (Wildman–Crippen LogP) is 19.7. The average Bonchev–Trinajstić information content (AvgIpc) is 3.30. The van der Waals surface area contributed by atoms with Crippen molar-refractivity contribution in [3.63, 3.8) is 0 Å². The first kappa shape index (κ1) is 64.4. The molecular weight excluding hydrogens is 817 g/mol. The van der Waals surface area contributed by atoms with Gasteiger partial charge in [-0.25, -0.2) is 0 Å². The van der Waals surface area contributed by atoms with Crippen molar-refractivity contribution in [2.24, 2.45) is 11.8 Å². The zero-order valence-electron chi connectivity index (χ0n) is 45.3. The number of hydrogen-bond donors (Lipinski definition) is 0. The first-order valence-electron chi connectivity index (χ1n) is 29.8. The number of rotatable bonds is 54. The van der Waals surface area contributed by atoms with Gasteiger partial charge in [-0.15, -0.1) is 0 Å². The Morgan fingerprint density at radius 3 is 0.864 bits per heavy atom. The summed E-state index contributed by atoms with van der Waals surface area (Å²) in [4.78, 5) is 38.1. The van der Waals surface area contributed by atoms with Crippen LogP contribution in [0.5, 0.6) is 0 Å². The third kappa shape index (κ3) is 51.8. The average molecular weight is 934 g/mol. The minimum atomic E-state index is -0.761. The van der Waals surface area contributed by atoms with Crippen LogP contribution in [0.3, 0.4) is 0 Å². The summed E-state index contributed by atoms with van der Waals surface area (Å²) >= 11 is 0. The maximum atomic E-state index is 12.8. The van der Waals surface area contributed by atoms with Crippen LogP contribution in [-0.2, 0) is 28.6 Å². The second-order valence-corrected chi connectivity index (χ2v) is 21.4. The molecule has 0 aliphatic rings. The number of esters is 3. The van der Waals surface area contributed by atoms with Gasteiger partial charge in [0, 0.05) is 19.3 Å². The molecule has 0 heterocycles. The van der Waals surface area contributed by atoms with E-state index in [1.54, 1.807) is 0 Å². The van der Waals surface area contributed by atoms with Crippen molar-refractivity contribution >= 4 is 17.9 Å². The van der Waals surface area contributed by atoms with Crippen molar-refractivity contribution < 1.29 is 28.6 Å². The highest BCUT2D eigenvalue weighted by molar-refractivity contribution is 5.71. The quantitative estimate of drug-likeness (QED) is 0.0343. The summed E-state index contributed by atoms with van der Waals surface area (Å²) in [7, 11) is 0. The summed E-state index contributed by atoms with van der Waals surface area (Å²) < 4.78 is 16.9. The van der Waals surface area contributed by atoms with Crippen molar-refractivity contribution in [2.75, 3.05) is 13.2 Å². The van der Waals surface area contributed by atoms with Gasteiger partial charge in [0.1, 0.15) is 13.2 Å². The summed E-state index contributed by atoms with van der Waals surface area (Å²) in [5.74, 6) is 0.914. The van der Waals surface area contributed by atoms with Gasteiger partial charge in [0.2, 0.25) is 0 Å². The Morgan fingerprint density at radius 2 is 0.576 bits per heavy atom. The molecule has 0 aromatic carbocycles. The number of hydrogen-bond acceptors (Lipinski definition) is 6. The Balaban J connectivity index is 4.14. The fourth-order valence-electron chi connectivity index (χ4n) is 9.20. The second kappa shape index (κ2) is 52.8. The number of unbranched alkanes of at least 4 members (excludes halogenated alkanes) is 38. The molecule has 0 rings (SSSR count). The SMILES string of the molecule is CCCCCCCCCCCC(=O)O[C@@H](COC(=O)CCCCCCCCCCCCCCCCCCCCC(C)CC)COC(=O)CCCCCCCCCCCCCCCCC(C)C. The van der Waals surface area contributed by atoms with Gasteiger partial charge in [0.15, 0.2) is 6.10 Å². The molecule has 0 saturated carbocycles. The Hall–Kier alpha value is -1.59. The van der Waals surface area contributed by atoms with E-state index in [0.717, 1.165) is 69.6 Å². The van der Waals surface area contributed by atoms with E-state index in [4.69, 9.17) is 14.2 Å². The fraction of sp³-hybridized carbons (Fsp3) is 0.950. The molecule has 0 fully saturated rings. The van der Waals surface area contributed by atoms with Gasteiger partial charge in [-0.3, -0.25) is 14.4 Å². The number of ether oxygens (including phenoxy) is 3. The molecule has 66 heavy (non-hydrogen) atoms. The highest BCUT2D eigenvalue weighted by Gasteiger charge is 2.19. The standard InChI is InChI=1S/C60H116O6/c1-6-8-9-10-11-28-37-42-47-52-60(63)66-57(54-65-59(62)51-46-41-36-32-27-23-19-18-20-24-29-33-38-43-48-55(3)4)53-64-58(61)50-45-40-35-31-26-22-17-15-13-12-14-16-21-25-30-34-39-44-49-56(5)7-2/h55-57H,6-54H2,1-5H3/t56?,57-/m0/s1. The molecule has 0 aliphatic heterocycles. The lowest BCUT2D eigenvalue weighted by Crippen LogP contribution is -2.30. The predicted molar refractivity (Wildman–Crippen MR) is 284 cm³/mol. The molecule has 0 bridgehead atoms. The molecule has 0 aromatic rings. The Bertz CT molecular complexity index is 1010. The van der Waals surface area contributed by atoms with E-state index in [-0.39, 0.29) is 31.1 Å². The van der Waals surface area contributed by atoms with E-state index >= 15 is 0 Å². The van der Waals surface area contributed by atoms with E-state index < -0.39 is 6.10 Å². The monoisotopic (exact) mass is 933 g/mol. The van der Waals surface area contributed by atoms with E-state index in [1.165, 1.54) is 225 Å². The lowest BCUT2D eigenvalue weighted by Gasteiger charge is -2.18. The summed E-state index contributed by atoms with van der Waals surface area (Å²) in [5.41, 5.74) is 0. The van der Waals surface area contributed by atoms with Crippen molar-refractivity contribution in [2.45, 2.75) is 343 Å². The smallest absolute Gasteiger partial charge is 0.306 e. The van der Waals surface area contributed by atoms with Gasteiger partial charge in [-0.2, -0.15) is 0 Å². The van der Waals surface area contributed by atoms with Gasteiger partial charge >= 0.3 is 17.9 Å². The van der Waals surface area contributed by atoms with Crippen LogP contribution in [0.1, 0.15) is 336 Å². The van der Waals surface area contributed by atoms with Crippen LogP contribution in [0, 0.1) is 11.8 Å². The zero-order chi connectivity index (χ0) is 48.2. The molecule has 0 amide bonds. The highest BCUT2D eigenvalue weighted by atomic mass is 16.6. The van der Waals surface area contributed by atoms with E-state index in [1.807, 2.05) is 0 Å². The topological polar surface area (TPSA) is 78.9 Å². The lowest BCUT2D eigenvalue weighted by atomic mass is 9.99. The number of carbonyl (C=O) groups is 3. The van der Waals surface area contributed by atoms with Crippen LogP contribution >= 0.6 is 0 Å². The highest BCUT2D eigenvalue weighted by Crippen LogP contribution is 2.19. The van der Waals surface area contributed by atoms with Crippen LogP contribution < -0.4 is 0 Å². The van der Waals surface area contributed by atoms with Gasteiger partial charge in [-0.1, -0.05) is 298 Å². The first-order chi connectivity index (χ1) is 32.3. The van der Waals surface area contributed by atoms with Gasteiger partial charge in [-0.05, 0) is 31.1 Å². The summed E-state index contributed by atoms with van der Waals surface area (Å²) in [5, 5.41) is 0. The molecule has 6 nitrogen and oxygen atoms in total. The molecule has 392 valence electrons. The van der Waals surface area contributed by atoms with Gasteiger partial charge in [0.25, 0.3) is 0 Å². The maximum absolute atomic E-state index is 12.8. The third-order valence-electron chi connectivity index (χ3n) is 14.1. The molecule has 1 unspecified atom stereocenters. The normalized spacial score (nSPS) is 12.5. The molecule has 0 saturated heterocycles. The molecule has 6 heteroatoms. The minimum absolute atomic E-state index is 0.0627. The lowest BCUT2D eigenvalue weighted by molar-refractivity contribution is -0.167. The van der Waals surface area contributed by atoms with Crippen LogP contribution in [-0.4, -0.2) is 37.2 Å². The Morgan fingerprint density at radius 1 is 0.318 bits per heavy atom. The molecule has 0 spiro atoms. The van der Waals surface area contributed by atoms with Crippen LogP contribution in [0.2, 0.25) is 0 Å². The molecule has 0 aliphatic carbocycles. The summed E-state index contributed by atoms with van der Waals surface area (Å²) in [6, 6.07) is 0. The van der Waals surface area contributed by atoms with Crippen LogP contribution in [0.4, 0.5) is 0 Å². The van der Waals surface area contributed by atoms with Crippen LogP contribution in [0.15, 0.2) is 0 Å². The molecular formula is C60H116O6. The van der Waals surface area contributed by atoms with Crippen molar-refractivity contribution in [1.29, 1.82) is 0 Å². The molecule has 0 radical (unpaired) electrons. The van der Waals surface area contributed by atoms with Gasteiger partial charge in [0.05, 0.1) is 0 Å². The Labute approximate surface area is 412 Å². The van der Waals surface area contributed by atoms with Crippen LogP contribution in [0.25, 0.3) is 0 Å². The van der Waals surface area contributed by atoms with Gasteiger partial charge < -0.3 is 14.2 Å². The molecule has 0 aromatic heterocycles. The molecule has 0 N–H and O–H groups in total. The van der Waals surface area contributed by atoms with E-state index in [0.29, 0.717) is 19.3 Å². The maximum Gasteiger partial charge on any atom is 0.306 e. The van der Waals surface area contributed by atoms with Crippen molar-refractivity contribution in [3.05, 3.63) is 0 Å². The summed E-state index contributed by atoms with van der Waals surface area (Å²) in [6.45, 7) is 11.5. The fourth-order valence-corrected chi connectivity index (χ4v) is 9.20. The van der Waals surface area contributed by atoms with E-state index in [9.17, 15) is 14.4 Å². The number of carbonyl (C=O) groups excluding carboxylic acids is 3. The first-order valence-corrected chi connectivity index (χ1v) is 29.8. The second-order valence-electron chi connectivity index (χ2n) is 21.4. The molecule has 2 atom stereocenters. The third-order valence-corrected chi connectivity index (χ3v) is 14.1. The Kier molecular flexibility index (Phi) is 51.5. The largest absolute Gasteiger partial charge is 0.462 e. The van der Waals surface area contributed by atoms with Crippen molar-refractivity contribution in [3.8, 4) is 0 Å². The summed E-state index contributed by atoms with van der Waals surface area (Å²) in [6.07, 6.45) is 56.7. The van der Waals surface area contributed by atoms with Crippen molar-refractivity contribution in [1.82, 2.24) is 0 Å².